The quantitative estimate of drug-likeness (QED) is 0.797. The molecule has 0 aromatic carbocycles. The summed E-state index contributed by atoms with van der Waals surface area (Å²) in [7, 11) is 0. The van der Waals surface area contributed by atoms with Crippen LogP contribution in [0.15, 0.2) is 19.0 Å². The molecule has 0 aliphatic carbocycles. The molecule has 0 bridgehead atoms. The Morgan fingerprint density at radius 3 is 2.50 bits per heavy atom. The van der Waals surface area contributed by atoms with Crippen LogP contribution < -0.4 is 5.32 Å². The van der Waals surface area contributed by atoms with Crippen LogP contribution in [0.2, 0.25) is 0 Å². The lowest BCUT2D eigenvalue weighted by atomic mass is 9.97. The number of hydrogen-bond acceptors (Lipinski definition) is 1. The van der Waals surface area contributed by atoms with E-state index in [2.05, 4.69) is 56.4 Å². The van der Waals surface area contributed by atoms with E-state index in [-0.39, 0.29) is 0 Å². The predicted molar refractivity (Wildman–Crippen MR) is 70.1 cm³/mol. The summed E-state index contributed by atoms with van der Waals surface area (Å²) in [4.78, 5) is 0. The fraction of sp³-hybridized carbons (Fsp3) is 0.429. The largest absolute Gasteiger partial charge is 0.362 e. The molecule has 0 saturated carbocycles. The third kappa shape index (κ3) is 1.58. The van der Waals surface area contributed by atoms with Gasteiger partial charge in [-0.25, -0.2) is 0 Å². The zero-order chi connectivity index (χ0) is 11.9. The number of nitrogens with one attached hydrogen (secondary N) is 1. The summed E-state index contributed by atoms with van der Waals surface area (Å²) in [6.07, 6.45) is 6.37. The fourth-order valence-corrected chi connectivity index (χ4v) is 2.22. The molecule has 86 valence electrons. The molecule has 0 fully saturated rings. The number of hydrogen-bond donors (Lipinski definition) is 1. The minimum atomic E-state index is 0.483. The van der Waals surface area contributed by atoms with Gasteiger partial charge in [-0.05, 0) is 31.4 Å². The topological polar surface area (TPSA) is 17.0 Å². The van der Waals surface area contributed by atoms with Crippen molar-refractivity contribution in [1.29, 1.82) is 0 Å². The van der Waals surface area contributed by atoms with Crippen molar-refractivity contribution in [2.24, 2.45) is 0 Å². The SMILES string of the molecule is C=C1NC=Cc2c1c(C(C)C)cn2C(C)C. The highest BCUT2D eigenvalue weighted by Gasteiger charge is 2.21. The van der Waals surface area contributed by atoms with Gasteiger partial charge in [0.05, 0.1) is 5.69 Å². The van der Waals surface area contributed by atoms with Crippen molar-refractivity contribution in [2.45, 2.75) is 39.7 Å². The second kappa shape index (κ2) is 3.85. The average Bonchev–Trinajstić information content (AvgIpc) is 2.58. The van der Waals surface area contributed by atoms with Crippen LogP contribution in [-0.4, -0.2) is 4.57 Å². The van der Waals surface area contributed by atoms with Gasteiger partial charge >= 0.3 is 0 Å². The minimum Gasteiger partial charge on any atom is -0.362 e. The summed E-state index contributed by atoms with van der Waals surface area (Å²) < 4.78 is 2.33. The van der Waals surface area contributed by atoms with Crippen molar-refractivity contribution < 1.29 is 0 Å². The smallest absolute Gasteiger partial charge is 0.0521 e. The summed E-state index contributed by atoms with van der Waals surface area (Å²) >= 11 is 0. The zero-order valence-electron chi connectivity index (χ0n) is 10.5. The van der Waals surface area contributed by atoms with E-state index in [1.807, 2.05) is 6.20 Å². The van der Waals surface area contributed by atoms with Gasteiger partial charge in [-0.3, -0.25) is 0 Å². The zero-order valence-corrected chi connectivity index (χ0v) is 10.5. The van der Waals surface area contributed by atoms with Gasteiger partial charge in [-0.1, -0.05) is 20.4 Å². The highest BCUT2D eigenvalue weighted by molar-refractivity contribution is 5.78. The molecule has 2 heterocycles. The molecule has 16 heavy (non-hydrogen) atoms. The summed E-state index contributed by atoms with van der Waals surface area (Å²) in [5.74, 6) is 0.527. The van der Waals surface area contributed by atoms with E-state index in [1.54, 1.807) is 0 Å². The molecule has 1 aromatic heterocycles. The first-order valence-electron chi connectivity index (χ1n) is 5.89. The van der Waals surface area contributed by atoms with Crippen LogP contribution in [0.4, 0.5) is 0 Å². The molecule has 0 spiro atoms. The van der Waals surface area contributed by atoms with Gasteiger partial charge in [-0.2, -0.15) is 0 Å². The van der Waals surface area contributed by atoms with Crippen LogP contribution in [0.5, 0.6) is 0 Å². The average molecular weight is 216 g/mol. The summed E-state index contributed by atoms with van der Waals surface area (Å²) in [6.45, 7) is 13.0. The lowest BCUT2D eigenvalue weighted by Crippen LogP contribution is -2.11. The van der Waals surface area contributed by atoms with E-state index in [9.17, 15) is 0 Å². The van der Waals surface area contributed by atoms with Crippen molar-refractivity contribution in [1.82, 2.24) is 9.88 Å². The first-order valence-corrected chi connectivity index (χ1v) is 5.89. The van der Waals surface area contributed by atoms with Crippen LogP contribution >= 0.6 is 0 Å². The number of rotatable bonds is 2. The normalized spacial score (nSPS) is 14.5. The van der Waals surface area contributed by atoms with Gasteiger partial charge in [0.2, 0.25) is 0 Å². The molecule has 0 unspecified atom stereocenters. The monoisotopic (exact) mass is 216 g/mol. The second-order valence-corrected chi connectivity index (χ2v) is 4.96. The standard InChI is InChI=1S/C14H20N2/c1-9(2)12-8-16(10(3)4)13-6-7-15-11(5)14(12)13/h6-10,15H,5H2,1-4H3. The highest BCUT2D eigenvalue weighted by Crippen LogP contribution is 2.33. The Labute approximate surface area is 97.7 Å². The predicted octanol–water partition coefficient (Wildman–Crippen LogP) is 3.74. The third-order valence-corrected chi connectivity index (χ3v) is 3.08. The van der Waals surface area contributed by atoms with Crippen LogP contribution in [0, 0.1) is 0 Å². The molecule has 1 aliphatic rings. The lowest BCUT2D eigenvalue weighted by Gasteiger charge is -2.17. The molecular formula is C14H20N2. The van der Waals surface area contributed by atoms with E-state index in [4.69, 9.17) is 0 Å². The number of aromatic nitrogens is 1. The molecule has 0 amide bonds. The molecule has 1 N–H and O–H groups in total. The summed E-state index contributed by atoms with van der Waals surface area (Å²) in [6, 6.07) is 0.483. The van der Waals surface area contributed by atoms with Crippen LogP contribution in [0.1, 0.15) is 56.5 Å². The molecule has 1 aromatic rings. The molecule has 1 aliphatic heterocycles. The third-order valence-electron chi connectivity index (χ3n) is 3.08. The van der Waals surface area contributed by atoms with E-state index in [1.165, 1.54) is 16.8 Å². The molecular weight excluding hydrogens is 196 g/mol. The Bertz CT molecular complexity index is 448. The summed E-state index contributed by atoms with van der Waals surface area (Å²) in [5.41, 5.74) is 4.96. The van der Waals surface area contributed by atoms with Gasteiger partial charge in [0.1, 0.15) is 0 Å². The van der Waals surface area contributed by atoms with E-state index in [0.717, 1.165) is 5.70 Å². The fourth-order valence-electron chi connectivity index (χ4n) is 2.22. The van der Waals surface area contributed by atoms with Crippen molar-refractivity contribution >= 4 is 11.8 Å². The molecule has 0 atom stereocenters. The highest BCUT2D eigenvalue weighted by atomic mass is 15.0. The van der Waals surface area contributed by atoms with Gasteiger partial charge < -0.3 is 9.88 Å². The van der Waals surface area contributed by atoms with Crippen molar-refractivity contribution in [2.75, 3.05) is 0 Å². The van der Waals surface area contributed by atoms with Crippen molar-refractivity contribution in [3.8, 4) is 0 Å². The second-order valence-electron chi connectivity index (χ2n) is 4.96. The lowest BCUT2D eigenvalue weighted by molar-refractivity contribution is 0.596. The van der Waals surface area contributed by atoms with Gasteiger partial charge in [0.15, 0.2) is 0 Å². The molecule has 0 saturated heterocycles. The number of fused-ring (bicyclic) bond motifs is 1. The Morgan fingerprint density at radius 2 is 1.94 bits per heavy atom. The first kappa shape index (κ1) is 11.1. The molecule has 2 heteroatoms. The molecule has 2 rings (SSSR count). The molecule has 2 nitrogen and oxygen atoms in total. The van der Waals surface area contributed by atoms with Gasteiger partial charge in [-0.15, -0.1) is 0 Å². The van der Waals surface area contributed by atoms with E-state index >= 15 is 0 Å². The van der Waals surface area contributed by atoms with Crippen LogP contribution in [0.25, 0.3) is 11.8 Å². The maximum absolute atomic E-state index is 4.10. The van der Waals surface area contributed by atoms with Gasteiger partial charge in [0, 0.05) is 29.7 Å². The molecule has 0 radical (unpaired) electrons. The van der Waals surface area contributed by atoms with Crippen molar-refractivity contribution in [3.05, 3.63) is 35.8 Å². The minimum absolute atomic E-state index is 0.483. The van der Waals surface area contributed by atoms with E-state index in [0.29, 0.717) is 12.0 Å². The maximum atomic E-state index is 4.10. The Morgan fingerprint density at radius 1 is 1.25 bits per heavy atom. The van der Waals surface area contributed by atoms with Crippen LogP contribution in [-0.2, 0) is 0 Å². The van der Waals surface area contributed by atoms with E-state index < -0.39 is 0 Å². The van der Waals surface area contributed by atoms with Crippen LogP contribution in [0.3, 0.4) is 0 Å². The Balaban J connectivity index is 2.66. The first-order chi connectivity index (χ1) is 7.52. The Kier molecular flexibility index (Phi) is 2.66. The Hall–Kier alpha value is -1.44. The summed E-state index contributed by atoms with van der Waals surface area (Å²) in [5, 5.41) is 3.20. The maximum Gasteiger partial charge on any atom is 0.0521 e. The number of nitrogens with zero attached hydrogens (tertiary/aromatic N) is 1. The van der Waals surface area contributed by atoms with Gasteiger partial charge in [0.25, 0.3) is 0 Å². The van der Waals surface area contributed by atoms with Crippen molar-refractivity contribution in [3.63, 3.8) is 0 Å².